The van der Waals surface area contributed by atoms with Gasteiger partial charge in [0, 0.05) is 18.5 Å². The van der Waals surface area contributed by atoms with Gasteiger partial charge in [0.2, 0.25) is 0 Å². The first-order valence-corrected chi connectivity index (χ1v) is 6.66. The van der Waals surface area contributed by atoms with Crippen molar-refractivity contribution in [1.29, 1.82) is 0 Å². The topological polar surface area (TPSA) is 25.2 Å². The molecule has 1 N–H and O–H groups in total. The molecule has 2 aromatic rings. The van der Waals surface area contributed by atoms with Crippen LogP contribution >= 0.6 is 0 Å². The van der Waals surface area contributed by atoms with Crippen molar-refractivity contribution in [1.82, 2.24) is 5.32 Å². The predicted molar refractivity (Wildman–Crippen MR) is 72.6 cm³/mol. The summed E-state index contributed by atoms with van der Waals surface area (Å²) in [4.78, 5) is 0. The summed E-state index contributed by atoms with van der Waals surface area (Å²) < 4.78 is 5.39. The predicted octanol–water partition coefficient (Wildman–Crippen LogP) is 2.97. The van der Waals surface area contributed by atoms with E-state index in [4.69, 9.17) is 4.42 Å². The Balaban J connectivity index is 1.56. The van der Waals surface area contributed by atoms with Crippen molar-refractivity contribution in [2.75, 3.05) is 0 Å². The standard InChI is InChI=1S/C16H19NO/c1-12(9-16-7-4-8-18-16)17-15-10-13-5-2-3-6-14(13)11-15/h2-8,12,15,17H,9-11H2,1H3. The average Bonchev–Trinajstić information content (AvgIpc) is 2.96. The average molecular weight is 241 g/mol. The van der Waals surface area contributed by atoms with Crippen molar-refractivity contribution in [3.63, 3.8) is 0 Å². The van der Waals surface area contributed by atoms with Gasteiger partial charge in [-0.2, -0.15) is 0 Å². The maximum Gasteiger partial charge on any atom is 0.105 e. The van der Waals surface area contributed by atoms with Gasteiger partial charge < -0.3 is 9.73 Å². The highest BCUT2D eigenvalue weighted by Gasteiger charge is 2.22. The molecule has 1 heterocycles. The summed E-state index contributed by atoms with van der Waals surface area (Å²) in [6.07, 6.45) is 5.00. The normalized spacial score (nSPS) is 16.7. The maximum absolute atomic E-state index is 5.39. The molecule has 0 saturated heterocycles. The summed E-state index contributed by atoms with van der Waals surface area (Å²) in [7, 11) is 0. The molecule has 0 bridgehead atoms. The number of hydrogen-bond donors (Lipinski definition) is 1. The third kappa shape index (κ3) is 2.49. The first kappa shape index (κ1) is 11.5. The van der Waals surface area contributed by atoms with Gasteiger partial charge >= 0.3 is 0 Å². The van der Waals surface area contributed by atoms with Crippen molar-refractivity contribution in [3.05, 3.63) is 59.5 Å². The molecule has 0 amide bonds. The van der Waals surface area contributed by atoms with Crippen LogP contribution in [0.4, 0.5) is 0 Å². The van der Waals surface area contributed by atoms with E-state index >= 15 is 0 Å². The molecule has 3 rings (SSSR count). The molecule has 2 heteroatoms. The molecule has 0 saturated carbocycles. The summed E-state index contributed by atoms with van der Waals surface area (Å²) in [5.41, 5.74) is 3.00. The number of furan rings is 1. The second-order valence-electron chi connectivity index (χ2n) is 5.23. The van der Waals surface area contributed by atoms with E-state index in [1.54, 1.807) is 6.26 Å². The molecule has 18 heavy (non-hydrogen) atoms. The Kier molecular flexibility index (Phi) is 3.20. The quantitative estimate of drug-likeness (QED) is 0.890. The van der Waals surface area contributed by atoms with Gasteiger partial charge in [-0.15, -0.1) is 0 Å². The van der Waals surface area contributed by atoms with Crippen LogP contribution in [0.1, 0.15) is 23.8 Å². The molecule has 1 atom stereocenters. The Morgan fingerprint density at radius 3 is 2.50 bits per heavy atom. The number of nitrogens with one attached hydrogen (secondary N) is 1. The number of fused-ring (bicyclic) bond motifs is 1. The first-order valence-electron chi connectivity index (χ1n) is 6.66. The molecule has 1 aliphatic rings. The minimum Gasteiger partial charge on any atom is -0.469 e. The Morgan fingerprint density at radius 2 is 1.89 bits per heavy atom. The SMILES string of the molecule is CC(Cc1ccco1)NC1Cc2ccccc2C1. The van der Waals surface area contributed by atoms with E-state index in [1.807, 2.05) is 12.1 Å². The summed E-state index contributed by atoms with van der Waals surface area (Å²) in [6.45, 7) is 2.23. The maximum atomic E-state index is 5.39. The lowest BCUT2D eigenvalue weighted by atomic mass is 10.1. The van der Waals surface area contributed by atoms with Crippen LogP contribution in [0, 0.1) is 0 Å². The molecule has 0 fully saturated rings. The molecular formula is C16H19NO. The van der Waals surface area contributed by atoms with Gasteiger partial charge in [0.1, 0.15) is 5.76 Å². The zero-order valence-electron chi connectivity index (χ0n) is 10.7. The van der Waals surface area contributed by atoms with Crippen molar-refractivity contribution in [2.45, 2.75) is 38.3 Å². The highest BCUT2D eigenvalue weighted by atomic mass is 16.3. The van der Waals surface area contributed by atoms with E-state index in [9.17, 15) is 0 Å². The molecule has 94 valence electrons. The van der Waals surface area contributed by atoms with E-state index in [0.29, 0.717) is 12.1 Å². The van der Waals surface area contributed by atoms with Gasteiger partial charge in [-0.3, -0.25) is 0 Å². The van der Waals surface area contributed by atoms with Gasteiger partial charge in [0.05, 0.1) is 6.26 Å². The highest BCUT2D eigenvalue weighted by Crippen LogP contribution is 2.22. The van der Waals surface area contributed by atoms with Gasteiger partial charge in [-0.25, -0.2) is 0 Å². The van der Waals surface area contributed by atoms with Crippen molar-refractivity contribution < 1.29 is 4.42 Å². The third-order valence-corrected chi connectivity index (χ3v) is 3.66. The highest BCUT2D eigenvalue weighted by molar-refractivity contribution is 5.33. The fourth-order valence-corrected chi connectivity index (χ4v) is 2.87. The Labute approximate surface area is 108 Å². The van der Waals surface area contributed by atoms with Gasteiger partial charge in [-0.05, 0) is 43.0 Å². The fraction of sp³-hybridized carbons (Fsp3) is 0.375. The zero-order chi connectivity index (χ0) is 12.4. The number of hydrogen-bond acceptors (Lipinski definition) is 2. The Bertz CT molecular complexity index is 479. The largest absolute Gasteiger partial charge is 0.469 e. The minimum atomic E-state index is 0.454. The lowest BCUT2D eigenvalue weighted by Gasteiger charge is -2.18. The molecule has 1 aromatic heterocycles. The molecule has 0 spiro atoms. The Hall–Kier alpha value is -1.54. The lowest BCUT2D eigenvalue weighted by Crippen LogP contribution is -2.38. The summed E-state index contributed by atoms with van der Waals surface area (Å²) in [5.74, 6) is 1.06. The molecule has 1 unspecified atom stereocenters. The van der Waals surface area contributed by atoms with Crippen LogP contribution in [0.15, 0.2) is 47.1 Å². The van der Waals surface area contributed by atoms with Gasteiger partial charge in [-0.1, -0.05) is 24.3 Å². The second-order valence-corrected chi connectivity index (χ2v) is 5.23. The summed E-state index contributed by atoms with van der Waals surface area (Å²) >= 11 is 0. The van der Waals surface area contributed by atoms with Crippen molar-refractivity contribution >= 4 is 0 Å². The van der Waals surface area contributed by atoms with E-state index in [2.05, 4.69) is 36.5 Å². The van der Waals surface area contributed by atoms with Gasteiger partial charge in [0.25, 0.3) is 0 Å². The third-order valence-electron chi connectivity index (χ3n) is 3.66. The van der Waals surface area contributed by atoms with Crippen molar-refractivity contribution in [2.24, 2.45) is 0 Å². The van der Waals surface area contributed by atoms with Crippen LogP contribution < -0.4 is 5.32 Å². The first-order chi connectivity index (χ1) is 8.81. The smallest absolute Gasteiger partial charge is 0.105 e. The van der Waals surface area contributed by atoms with E-state index in [-0.39, 0.29) is 0 Å². The molecule has 1 aromatic carbocycles. The fourth-order valence-electron chi connectivity index (χ4n) is 2.87. The lowest BCUT2D eigenvalue weighted by molar-refractivity contribution is 0.417. The van der Waals surface area contributed by atoms with Crippen LogP contribution in [0.25, 0.3) is 0 Å². The summed E-state index contributed by atoms with van der Waals surface area (Å²) in [5, 5.41) is 3.70. The van der Waals surface area contributed by atoms with Crippen LogP contribution in [-0.4, -0.2) is 12.1 Å². The number of rotatable bonds is 4. The summed E-state index contributed by atoms with van der Waals surface area (Å²) in [6, 6.07) is 13.8. The van der Waals surface area contributed by atoms with Crippen LogP contribution in [-0.2, 0) is 19.3 Å². The van der Waals surface area contributed by atoms with Crippen LogP contribution in [0.2, 0.25) is 0 Å². The molecule has 0 aliphatic heterocycles. The molecule has 1 aliphatic carbocycles. The molecular weight excluding hydrogens is 222 g/mol. The second kappa shape index (κ2) is 4.99. The zero-order valence-corrected chi connectivity index (χ0v) is 10.7. The van der Waals surface area contributed by atoms with Gasteiger partial charge in [0.15, 0.2) is 0 Å². The van der Waals surface area contributed by atoms with Crippen LogP contribution in [0.5, 0.6) is 0 Å². The number of benzene rings is 1. The molecule has 2 nitrogen and oxygen atoms in total. The molecule has 0 radical (unpaired) electrons. The van der Waals surface area contributed by atoms with Crippen LogP contribution in [0.3, 0.4) is 0 Å². The van der Waals surface area contributed by atoms with E-state index < -0.39 is 0 Å². The monoisotopic (exact) mass is 241 g/mol. The van der Waals surface area contributed by atoms with Crippen molar-refractivity contribution in [3.8, 4) is 0 Å². The van der Waals surface area contributed by atoms with E-state index in [0.717, 1.165) is 25.0 Å². The van der Waals surface area contributed by atoms with E-state index in [1.165, 1.54) is 11.1 Å². The minimum absolute atomic E-state index is 0.454. The Morgan fingerprint density at radius 1 is 1.17 bits per heavy atom.